The molecule has 0 radical (unpaired) electrons. The summed E-state index contributed by atoms with van der Waals surface area (Å²) in [5.74, 6) is 0.711. The summed E-state index contributed by atoms with van der Waals surface area (Å²) in [6.45, 7) is 1.80. The Morgan fingerprint density at radius 2 is 1.79 bits per heavy atom. The van der Waals surface area contributed by atoms with Crippen molar-refractivity contribution in [2.24, 2.45) is 0 Å². The molecule has 0 bridgehead atoms. The number of nitrogens with zero attached hydrogens (tertiary/aromatic N) is 3. The van der Waals surface area contributed by atoms with Crippen molar-refractivity contribution < 1.29 is 19.2 Å². The van der Waals surface area contributed by atoms with Crippen molar-refractivity contribution in [3.63, 3.8) is 0 Å². The van der Waals surface area contributed by atoms with Gasteiger partial charge in [-0.25, -0.2) is 0 Å². The Kier molecular flexibility index (Phi) is 5.89. The highest BCUT2D eigenvalue weighted by Crippen LogP contribution is 2.33. The normalized spacial score (nSPS) is 14.0. The van der Waals surface area contributed by atoms with Gasteiger partial charge >= 0.3 is 0 Å². The second-order valence-corrected chi connectivity index (χ2v) is 6.67. The maximum Gasteiger partial charge on any atom is 0.296 e. The summed E-state index contributed by atoms with van der Waals surface area (Å²) in [4.78, 5) is 27.5. The van der Waals surface area contributed by atoms with E-state index in [0.717, 1.165) is 0 Å². The summed E-state index contributed by atoms with van der Waals surface area (Å²) in [7, 11) is 2.97. The number of carbonyl (C=O) groups excluding carboxylic acids is 1. The molecule has 8 nitrogen and oxygen atoms in total. The lowest BCUT2D eigenvalue weighted by Gasteiger charge is -2.36. The Hall–Kier alpha value is -3.00. The zero-order valence-electron chi connectivity index (χ0n) is 15.6. The van der Waals surface area contributed by atoms with Gasteiger partial charge in [0, 0.05) is 31.2 Å². The predicted molar refractivity (Wildman–Crippen MR) is 106 cm³/mol. The fourth-order valence-corrected chi connectivity index (χ4v) is 3.38. The van der Waals surface area contributed by atoms with Gasteiger partial charge in [0.05, 0.1) is 30.8 Å². The molecule has 0 aromatic heterocycles. The zero-order valence-corrected chi connectivity index (χ0v) is 16.3. The number of benzene rings is 2. The van der Waals surface area contributed by atoms with E-state index in [4.69, 9.17) is 21.1 Å². The van der Waals surface area contributed by atoms with Crippen LogP contribution in [0.25, 0.3) is 0 Å². The number of hydrogen-bond acceptors (Lipinski definition) is 6. The highest BCUT2D eigenvalue weighted by molar-refractivity contribution is 6.31. The first-order valence-electron chi connectivity index (χ1n) is 8.64. The monoisotopic (exact) mass is 405 g/mol. The van der Waals surface area contributed by atoms with Crippen LogP contribution >= 0.6 is 11.6 Å². The molecule has 1 saturated heterocycles. The lowest BCUT2D eigenvalue weighted by atomic mass is 10.1. The number of nitro groups is 1. The minimum Gasteiger partial charge on any atom is -0.496 e. The second kappa shape index (κ2) is 8.35. The average Bonchev–Trinajstić information content (AvgIpc) is 2.72. The molecule has 9 heteroatoms. The van der Waals surface area contributed by atoms with Crippen molar-refractivity contribution in [2.75, 3.05) is 45.3 Å². The van der Waals surface area contributed by atoms with Gasteiger partial charge < -0.3 is 19.3 Å². The number of piperazine rings is 1. The van der Waals surface area contributed by atoms with Crippen LogP contribution in [0.3, 0.4) is 0 Å². The minimum absolute atomic E-state index is 0.0179. The lowest BCUT2D eigenvalue weighted by Crippen LogP contribution is -2.49. The maximum absolute atomic E-state index is 12.9. The van der Waals surface area contributed by atoms with Crippen LogP contribution in [-0.4, -0.2) is 56.1 Å². The molecule has 2 aromatic carbocycles. The molecule has 28 heavy (non-hydrogen) atoms. The van der Waals surface area contributed by atoms with E-state index in [1.807, 2.05) is 4.90 Å². The van der Waals surface area contributed by atoms with Crippen LogP contribution in [0.1, 0.15) is 10.4 Å². The zero-order chi connectivity index (χ0) is 20.3. The van der Waals surface area contributed by atoms with Crippen molar-refractivity contribution in [3.05, 3.63) is 57.1 Å². The number of rotatable bonds is 5. The summed E-state index contributed by atoms with van der Waals surface area (Å²) < 4.78 is 10.3. The maximum atomic E-state index is 12.9. The molecule has 1 heterocycles. The van der Waals surface area contributed by atoms with Crippen LogP contribution < -0.4 is 14.4 Å². The molecule has 1 fully saturated rings. The number of ether oxygens (including phenoxy) is 2. The molecule has 2 aromatic rings. The van der Waals surface area contributed by atoms with Gasteiger partial charge in [-0.2, -0.15) is 0 Å². The molecule has 1 aliphatic rings. The Labute approximate surface area is 167 Å². The lowest BCUT2D eigenvalue weighted by molar-refractivity contribution is -0.384. The van der Waals surface area contributed by atoms with Crippen LogP contribution in [0, 0.1) is 10.1 Å². The molecular formula is C19H20ClN3O5. The summed E-state index contributed by atoms with van der Waals surface area (Å²) in [6, 6.07) is 9.68. The molecule has 1 aliphatic heterocycles. The molecule has 0 N–H and O–H groups in total. The van der Waals surface area contributed by atoms with E-state index in [1.54, 1.807) is 35.2 Å². The number of carbonyl (C=O) groups is 1. The molecule has 0 unspecified atom stereocenters. The van der Waals surface area contributed by atoms with Crippen molar-refractivity contribution in [1.29, 1.82) is 0 Å². The third kappa shape index (κ3) is 3.96. The smallest absolute Gasteiger partial charge is 0.296 e. The van der Waals surface area contributed by atoms with Gasteiger partial charge in [-0.05, 0) is 30.3 Å². The first-order chi connectivity index (χ1) is 13.4. The van der Waals surface area contributed by atoms with E-state index in [2.05, 4.69) is 0 Å². The van der Waals surface area contributed by atoms with E-state index in [0.29, 0.717) is 54.0 Å². The van der Waals surface area contributed by atoms with Crippen LogP contribution in [0.15, 0.2) is 36.4 Å². The van der Waals surface area contributed by atoms with Gasteiger partial charge in [0.2, 0.25) is 0 Å². The van der Waals surface area contributed by atoms with E-state index in [1.165, 1.54) is 20.3 Å². The number of anilines is 1. The summed E-state index contributed by atoms with van der Waals surface area (Å²) >= 11 is 6.02. The number of methoxy groups -OCH3 is 2. The topological polar surface area (TPSA) is 85.2 Å². The fourth-order valence-electron chi connectivity index (χ4n) is 3.21. The fraction of sp³-hybridized carbons (Fsp3) is 0.316. The molecule has 0 spiro atoms. The van der Waals surface area contributed by atoms with Gasteiger partial charge in [0.1, 0.15) is 17.2 Å². The Balaban J connectivity index is 1.76. The molecule has 148 valence electrons. The molecule has 0 atom stereocenters. The minimum atomic E-state index is -0.424. The Morgan fingerprint density at radius 3 is 2.39 bits per heavy atom. The molecular weight excluding hydrogens is 386 g/mol. The number of nitro benzene ring substituents is 1. The average molecular weight is 406 g/mol. The third-order valence-electron chi connectivity index (χ3n) is 4.68. The highest BCUT2D eigenvalue weighted by atomic mass is 35.5. The second-order valence-electron chi connectivity index (χ2n) is 6.24. The van der Waals surface area contributed by atoms with Gasteiger partial charge in [-0.1, -0.05) is 11.6 Å². The summed E-state index contributed by atoms with van der Waals surface area (Å²) in [5.41, 5.74) is 0.896. The molecule has 0 aliphatic carbocycles. The van der Waals surface area contributed by atoms with Crippen molar-refractivity contribution in [2.45, 2.75) is 0 Å². The first-order valence-corrected chi connectivity index (χ1v) is 9.02. The Bertz CT molecular complexity index is 897. The van der Waals surface area contributed by atoms with Crippen molar-refractivity contribution in [3.8, 4) is 11.5 Å². The quantitative estimate of drug-likeness (QED) is 0.560. The van der Waals surface area contributed by atoms with Gasteiger partial charge in [-0.15, -0.1) is 0 Å². The number of amides is 1. The van der Waals surface area contributed by atoms with E-state index in [9.17, 15) is 14.9 Å². The van der Waals surface area contributed by atoms with E-state index >= 15 is 0 Å². The van der Waals surface area contributed by atoms with E-state index in [-0.39, 0.29) is 11.6 Å². The Morgan fingerprint density at radius 1 is 1.07 bits per heavy atom. The predicted octanol–water partition coefficient (Wildman–Crippen LogP) is 3.23. The highest BCUT2D eigenvalue weighted by Gasteiger charge is 2.28. The van der Waals surface area contributed by atoms with E-state index < -0.39 is 4.92 Å². The van der Waals surface area contributed by atoms with Gasteiger partial charge in [0.15, 0.2) is 0 Å². The van der Waals surface area contributed by atoms with Gasteiger partial charge in [0.25, 0.3) is 11.6 Å². The standard InChI is InChI=1S/C19H20ClN3O5/c1-27-14-4-5-16(17(12-14)23(25)26)21-7-9-22(10-8-21)19(24)15-11-13(20)3-6-18(15)28-2/h3-6,11-12H,7-10H2,1-2H3. The molecule has 1 amide bonds. The number of hydrogen-bond donors (Lipinski definition) is 0. The van der Waals surface area contributed by atoms with Crippen LogP contribution in [-0.2, 0) is 0 Å². The summed E-state index contributed by atoms with van der Waals surface area (Å²) in [5, 5.41) is 11.9. The van der Waals surface area contributed by atoms with Crippen LogP contribution in [0.5, 0.6) is 11.5 Å². The number of halogens is 1. The summed E-state index contributed by atoms with van der Waals surface area (Å²) in [6.07, 6.45) is 0. The van der Waals surface area contributed by atoms with Crippen molar-refractivity contribution >= 4 is 28.9 Å². The molecule has 0 saturated carbocycles. The first kappa shape index (κ1) is 19.8. The SMILES string of the molecule is COc1ccc(N2CCN(C(=O)c3cc(Cl)ccc3OC)CC2)c([N+](=O)[O-])c1. The van der Waals surface area contributed by atoms with Crippen LogP contribution in [0.4, 0.5) is 11.4 Å². The van der Waals surface area contributed by atoms with Crippen molar-refractivity contribution in [1.82, 2.24) is 4.90 Å². The molecule has 3 rings (SSSR count). The largest absolute Gasteiger partial charge is 0.496 e. The van der Waals surface area contributed by atoms with Gasteiger partial charge in [-0.3, -0.25) is 14.9 Å². The third-order valence-corrected chi connectivity index (χ3v) is 4.91. The van der Waals surface area contributed by atoms with Crippen LogP contribution in [0.2, 0.25) is 5.02 Å².